The highest BCUT2D eigenvalue weighted by Crippen LogP contribution is 2.32. The minimum absolute atomic E-state index is 0.360. The van der Waals surface area contributed by atoms with Gasteiger partial charge in [-0.2, -0.15) is 0 Å². The molecule has 0 saturated carbocycles. The Morgan fingerprint density at radius 1 is 0.931 bits per heavy atom. The maximum absolute atomic E-state index is 12.2. The Balaban J connectivity index is 1.85. The lowest BCUT2D eigenvalue weighted by Crippen LogP contribution is -2.23. The number of carbonyl (C=O) groups excluding carboxylic acids is 2. The van der Waals surface area contributed by atoms with Gasteiger partial charge in [0.05, 0.1) is 5.56 Å². The van der Waals surface area contributed by atoms with Gasteiger partial charge in [0.15, 0.2) is 0 Å². The summed E-state index contributed by atoms with van der Waals surface area (Å²) < 4.78 is 11.4. The van der Waals surface area contributed by atoms with E-state index in [1.54, 1.807) is 24.3 Å². The molecular weight excluding hydrogens is 364 g/mol. The van der Waals surface area contributed by atoms with Gasteiger partial charge in [0.2, 0.25) is 0 Å². The van der Waals surface area contributed by atoms with E-state index < -0.39 is 5.60 Å². The minimum atomic E-state index is -0.543. The lowest BCUT2D eigenvalue weighted by molar-refractivity contribution is 0.00695. The summed E-state index contributed by atoms with van der Waals surface area (Å²) in [7, 11) is 0. The number of ether oxygens (including phenoxy) is 2. The number of hydrogen-bond acceptors (Lipinski definition) is 4. The van der Waals surface area contributed by atoms with Crippen LogP contribution in [0.25, 0.3) is 11.1 Å². The molecule has 3 rings (SSSR count). The van der Waals surface area contributed by atoms with Crippen molar-refractivity contribution >= 4 is 12.3 Å². The maximum Gasteiger partial charge on any atom is 0.338 e. The zero-order valence-corrected chi connectivity index (χ0v) is 16.8. The molecule has 29 heavy (non-hydrogen) atoms. The Labute approximate surface area is 171 Å². The molecule has 0 heterocycles. The molecule has 0 aliphatic carbocycles. The van der Waals surface area contributed by atoms with Gasteiger partial charge in [-0.05, 0) is 56.2 Å². The van der Waals surface area contributed by atoms with Crippen molar-refractivity contribution < 1.29 is 19.1 Å². The summed E-state index contributed by atoms with van der Waals surface area (Å²) in [5.74, 6) is 0.254. The van der Waals surface area contributed by atoms with Gasteiger partial charge < -0.3 is 9.47 Å². The van der Waals surface area contributed by atoms with Crippen molar-refractivity contribution in [2.24, 2.45) is 0 Å². The van der Waals surface area contributed by atoms with Crippen LogP contribution in [0.5, 0.6) is 5.75 Å². The third kappa shape index (κ3) is 5.55. The molecule has 0 fully saturated rings. The fraction of sp³-hybridized carbons (Fsp3) is 0.200. The minimum Gasteiger partial charge on any atom is -0.488 e. The highest BCUT2D eigenvalue weighted by molar-refractivity contribution is 5.90. The van der Waals surface area contributed by atoms with Gasteiger partial charge in [-0.25, -0.2) is 4.79 Å². The molecule has 0 N–H and O–H groups in total. The van der Waals surface area contributed by atoms with E-state index in [9.17, 15) is 9.59 Å². The fourth-order valence-corrected chi connectivity index (χ4v) is 2.83. The van der Waals surface area contributed by atoms with Gasteiger partial charge in [-0.15, -0.1) is 0 Å². The highest BCUT2D eigenvalue weighted by Gasteiger charge is 2.18. The zero-order chi connectivity index (χ0) is 20.9. The molecule has 0 aliphatic rings. The molecular formula is C25H24O4. The maximum atomic E-state index is 12.2. The lowest BCUT2D eigenvalue weighted by Gasteiger charge is -2.19. The zero-order valence-electron chi connectivity index (χ0n) is 16.8. The van der Waals surface area contributed by atoms with Gasteiger partial charge in [0, 0.05) is 11.1 Å². The predicted molar refractivity (Wildman–Crippen MR) is 113 cm³/mol. The van der Waals surface area contributed by atoms with Gasteiger partial charge >= 0.3 is 5.97 Å². The average Bonchev–Trinajstić information content (AvgIpc) is 2.71. The summed E-state index contributed by atoms with van der Waals surface area (Å²) in [6.07, 6.45) is 0.796. The van der Waals surface area contributed by atoms with Crippen LogP contribution in [0.15, 0.2) is 72.8 Å². The molecule has 4 heteroatoms. The van der Waals surface area contributed by atoms with Crippen molar-refractivity contribution in [2.45, 2.75) is 33.0 Å². The van der Waals surface area contributed by atoms with Crippen LogP contribution in [0, 0.1) is 0 Å². The Bertz CT molecular complexity index is 984. The molecule has 4 nitrogen and oxygen atoms in total. The first-order valence-corrected chi connectivity index (χ1v) is 9.45. The molecule has 0 aromatic heterocycles. The van der Waals surface area contributed by atoms with Crippen molar-refractivity contribution in [3.05, 3.63) is 89.5 Å². The monoisotopic (exact) mass is 388 g/mol. The molecule has 0 bridgehead atoms. The quantitative estimate of drug-likeness (QED) is 0.401. The summed E-state index contributed by atoms with van der Waals surface area (Å²) in [5.41, 5.74) is 3.26. The summed E-state index contributed by atoms with van der Waals surface area (Å²) >= 11 is 0. The second-order valence-corrected chi connectivity index (χ2v) is 7.73. The Kier molecular flexibility index (Phi) is 6.13. The molecule has 0 aliphatic heterocycles. The van der Waals surface area contributed by atoms with Crippen LogP contribution in [-0.2, 0) is 11.3 Å². The van der Waals surface area contributed by atoms with Crippen LogP contribution < -0.4 is 4.74 Å². The molecule has 0 spiro atoms. The summed E-state index contributed by atoms with van der Waals surface area (Å²) in [6.45, 7) is 5.91. The Morgan fingerprint density at radius 3 is 2.24 bits per heavy atom. The van der Waals surface area contributed by atoms with E-state index in [0.29, 0.717) is 23.5 Å². The number of benzene rings is 3. The van der Waals surface area contributed by atoms with Gasteiger partial charge in [-0.3, -0.25) is 4.79 Å². The number of carbonyl (C=O) groups is 2. The van der Waals surface area contributed by atoms with Crippen LogP contribution in [0.4, 0.5) is 0 Å². The van der Waals surface area contributed by atoms with Crippen molar-refractivity contribution in [3.8, 4) is 16.9 Å². The van der Waals surface area contributed by atoms with Crippen molar-refractivity contribution in [2.75, 3.05) is 0 Å². The smallest absolute Gasteiger partial charge is 0.338 e. The first kappa shape index (κ1) is 20.3. The van der Waals surface area contributed by atoms with E-state index in [1.807, 2.05) is 69.3 Å². The topological polar surface area (TPSA) is 52.6 Å². The van der Waals surface area contributed by atoms with Crippen LogP contribution in [-0.4, -0.2) is 17.9 Å². The number of esters is 1. The fourth-order valence-electron chi connectivity index (χ4n) is 2.83. The summed E-state index contributed by atoms with van der Waals surface area (Å²) in [6, 6.07) is 22.3. The standard InChI is InChI=1S/C25H24O4/c1-25(2,3)29-24(27)21-12-10-20(11-13-21)22-14-9-19(16-26)15-23(22)28-17-18-7-5-4-6-8-18/h4-16H,17H2,1-3H3. The normalized spacial score (nSPS) is 11.0. The van der Waals surface area contributed by atoms with Crippen molar-refractivity contribution in [1.82, 2.24) is 0 Å². The average molecular weight is 388 g/mol. The Hall–Kier alpha value is -3.40. The van der Waals surface area contributed by atoms with E-state index in [2.05, 4.69) is 0 Å². The van der Waals surface area contributed by atoms with Gasteiger partial charge in [0.1, 0.15) is 24.2 Å². The lowest BCUT2D eigenvalue weighted by atomic mass is 10.0. The largest absolute Gasteiger partial charge is 0.488 e. The third-order valence-electron chi connectivity index (χ3n) is 4.21. The second-order valence-electron chi connectivity index (χ2n) is 7.73. The van der Waals surface area contributed by atoms with Gasteiger partial charge in [0.25, 0.3) is 0 Å². The van der Waals surface area contributed by atoms with E-state index in [4.69, 9.17) is 9.47 Å². The SMILES string of the molecule is CC(C)(C)OC(=O)c1ccc(-c2ccc(C=O)cc2OCc2ccccc2)cc1. The van der Waals surface area contributed by atoms with E-state index in [-0.39, 0.29) is 5.97 Å². The van der Waals surface area contributed by atoms with Crippen LogP contribution in [0.3, 0.4) is 0 Å². The summed E-state index contributed by atoms with van der Waals surface area (Å²) in [5, 5.41) is 0. The Morgan fingerprint density at radius 2 is 1.62 bits per heavy atom. The molecule has 0 unspecified atom stereocenters. The number of aldehydes is 1. The number of hydrogen-bond donors (Lipinski definition) is 0. The molecule has 0 saturated heterocycles. The van der Waals surface area contributed by atoms with E-state index in [0.717, 1.165) is 23.0 Å². The van der Waals surface area contributed by atoms with E-state index in [1.165, 1.54) is 0 Å². The predicted octanol–water partition coefficient (Wildman–Crippen LogP) is 5.70. The molecule has 0 amide bonds. The first-order chi connectivity index (χ1) is 13.9. The van der Waals surface area contributed by atoms with Crippen LogP contribution in [0.2, 0.25) is 0 Å². The summed E-state index contributed by atoms with van der Waals surface area (Å²) in [4.78, 5) is 23.4. The molecule has 0 radical (unpaired) electrons. The highest BCUT2D eigenvalue weighted by atomic mass is 16.6. The van der Waals surface area contributed by atoms with Crippen LogP contribution >= 0.6 is 0 Å². The first-order valence-electron chi connectivity index (χ1n) is 9.45. The van der Waals surface area contributed by atoms with Crippen molar-refractivity contribution in [3.63, 3.8) is 0 Å². The third-order valence-corrected chi connectivity index (χ3v) is 4.21. The van der Waals surface area contributed by atoms with Crippen molar-refractivity contribution in [1.29, 1.82) is 0 Å². The molecule has 0 atom stereocenters. The second kappa shape index (κ2) is 8.74. The number of rotatable bonds is 6. The molecule has 3 aromatic carbocycles. The van der Waals surface area contributed by atoms with Gasteiger partial charge in [-0.1, -0.05) is 48.5 Å². The van der Waals surface area contributed by atoms with E-state index >= 15 is 0 Å². The molecule has 3 aromatic rings. The van der Waals surface area contributed by atoms with Crippen LogP contribution in [0.1, 0.15) is 47.1 Å². The molecule has 148 valence electrons.